The molecule has 7 heteroatoms. The van der Waals surface area contributed by atoms with Gasteiger partial charge < -0.3 is 23.8 Å². The highest BCUT2D eigenvalue weighted by atomic mass is 16.6. The standard InChI is InChI=1S/C26H37N3O4/c1-5-6-21-23(28-15-17-31-18-16-28)10-8-20-22(27-33-24(20)21)9-7-19-11-13-29(14-12-19)25(30)32-26(2,3)4/h5-6,8,10,19H,7,9,11-18H2,1-4H3. The van der Waals surface area contributed by atoms with Gasteiger partial charge in [0.2, 0.25) is 0 Å². The van der Waals surface area contributed by atoms with Crippen LogP contribution >= 0.6 is 0 Å². The highest BCUT2D eigenvalue weighted by Crippen LogP contribution is 2.34. The molecule has 0 saturated carbocycles. The van der Waals surface area contributed by atoms with Gasteiger partial charge in [0.1, 0.15) is 5.60 Å². The van der Waals surface area contributed by atoms with Gasteiger partial charge in [-0.05, 0) is 71.4 Å². The van der Waals surface area contributed by atoms with Crippen molar-refractivity contribution in [3.8, 4) is 0 Å². The molecule has 2 aliphatic rings. The molecule has 0 atom stereocenters. The average molecular weight is 456 g/mol. The first-order chi connectivity index (χ1) is 15.9. The van der Waals surface area contributed by atoms with Crippen LogP contribution in [0.5, 0.6) is 0 Å². The van der Waals surface area contributed by atoms with Crippen LogP contribution in [-0.4, -0.2) is 61.1 Å². The van der Waals surface area contributed by atoms with Crippen LogP contribution in [0.1, 0.15) is 58.2 Å². The summed E-state index contributed by atoms with van der Waals surface area (Å²) >= 11 is 0. The fourth-order valence-corrected chi connectivity index (χ4v) is 4.72. The lowest BCUT2D eigenvalue weighted by Crippen LogP contribution is -2.41. The van der Waals surface area contributed by atoms with Crippen LogP contribution < -0.4 is 4.90 Å². The molecule has 0 spiro atoms. The Morgan fingerprint density at radius 1 is 1.18 bits per heavy atom. The molecule has 2 aliphatic heterocycles. The van der Waals surface area contributed by atoms with E-state index >= 15 is 0 Å². The summed E-state index contributed by atoms with van der Waals surface area (Å²) in [5.74, 6) is 0.582. The zero-order chi connectivity index (χ0) is 23.4. The number of aromatic nitrogens is 1. The predicted octanol–water partition coefficient (Wildman–Crippen LogP) is 5.28. The Kier molecular flexibility index (Phi) is 7.27. The lowest BCUT2D eigenvalue weighted by atomic mass is 9.91. The van der Waals surface area contributed by atoms with Gasteiger partial charge in [0, 0.05) is 42.8 Å². The smallest absolute Gasteiger partial charge is 0.410 e. The summed E-state index contributed by atoms with van der Waals surface area (Å²) < 4.78 is 16.9. The van der Waals surface area contributed by atoms with Crippen molar-refractivity contribution in [1.29, 1.82) is 0 Å². The van der Waals surface area contributed by atoms with E-state index in [0.29, 0.717) is 5.92 Å². The minimum absolute atomic E-state index is 0.198. The second kappa shape index (κ2) is 10.2. The molecule has 0 bridgehead atoms. The van der Waals surface area contributed by atoms with Gasteiger partial charge in [-0.15, -0.1) is 0 Å². The normalized spacial score (nSPS) is 18.4. The van der Waals surface area contributed by atoms with E-state index in [1.54, 1.807) is 0 Å². The van der Waals surface area contributed by atoms with Crippen LogP contribution in [0.4, 0.5) is 10.5 Å². The molecule has 0 aliphatic carbocycles. The molecule has 2 aromatic rings. The van der Waals surface area contributed by atoms with Gasteiger partial charge in [0.15, 0.2) is 5.58 Å². The second-order valence-corrected chi connectivity index (χ2v) is 10.1. The van der Waals surface area contributed by atoms with Gasteiger partial charge in [-0.1, -0.05) is 17.3 Å². The minimum atomic E-state index is -0.449. The van der Waals surface area contributed by atoms with Crippen molar-refractivity contribution in [2.24, 2.45) is 5.92 Å². The average Bonchev–Trinajstić information content (AvgIpc) is 3.21. The Morgan fingerprint density at radius 2 is 1.91 bits per heavy atom. The van der Waals surface area contributed by atoms with Crippen LogP contribution in [0.15, 0.2) is 22.7 Å². The van der Waals surface area contributed by atoms with Crippen molar-refractivity contribution in [3.63, 3.8) is 0 Å². The summed E-state index contributed by atoms with van der Waals surface area (Å²) in [7, 11) is 0. The quantitative estimate of drug-likeness (QED) is 0.611. The number of benzene rings is 1. The molecule has 4 rings (SSSR count). The number of anilines is 1. The van der Waals surface area contributed by atoms with Gasteiger partial charge in [-0.2, -0.15) is 0 Å². The summed E-state index contributed by atoms with van der Waals surface area (Å²) in [6.45, 7) is 12.5. The van der Waals surface area contributed by atoms with E-state index in [1.807, 2.05) is 32.6 Å². The zero-order valence-electron chi connectivity index (χ0n) is 20.4. The molecule has 0 unspecified atom stereocenters. The van der Waals surface area contributed by atoms with Gasteiger partial charge in [-0.25, -0.2) is 4.79 Å². The Morgan fingerprint density at radius 3 is 2.58 bits per heavy atom. The number of amides is 1. The SMILES string of the molecule is CC=Cc1c(N2CCOCC2)ccc2c(CCC3CCN(C(=O)OC(C)(C)C)CC3)noc12. The predicted molar refractivity (Wildman–Crippen MR) is 131 cm³/mol. The number of carbonyl (C=O) groups is 1. The molecule has 1 amide bonds. The molecule has 0 radical (unpaired) electrons. The van der Waals surface area contributed by atoms with Crippen molar-refractivity contribution in [2.45, 2.75) is 59.0 Å². The number of carbonyl (C=O) groups excluding carboxylic acids is 1. The maximum Gasteiger partial charge on any atom is 0.410 e. The van der Waals surface area contributed by atoms with Gasteiger partial charge in [0.25, 0.3) is 0 Å². The third kappa shape index (κ3) is 5.69. The summed E-state index contributed by atoms with van der Waals surface area (Å²) in [5, 5.41) is 5.56. The van der Waals surface area contributed by atoms with E-state index in [2.05, 4.69) is 34.3 Å². The zero-order valence-corrected chi connectivity index (χ0v) is 20.4. The number of allylic oxidation sites excluding steroid dienone is 1. The maximum atomic E-state index is 12.3. The number of fused-ring (bicyclic) bond motifs is 1. The Bertz CT molecular complexity index is 977. The van der Waals surface area contributed by atoms with Crippen molar-refractivity contribution >= 4 is 28.8 Å². The Hall–Kier alpha value is -2.54. The van der Waals surface area contributed by atoms with Crippen molar-refractivity contribution in [2.75, 3.05) is 44.3 Å². The van der Waals surface area contributed by atoms with Crippen molar-refractivity contribution in [3.05, 3.63) is 29.5 Å². The Balaban J connectivity index is 1.40. The molecule has 2 fully saturated rings. The number of aryl methyl sites for hydroxylation is 1. The monoisotopic (exact) mass is 455 g/mol. The van der Waals surface area contributed by atoms with E-state index in [1.165, 1.54) is 5.69 Å². The number of piperidine rings is 1. The first-order valence-corrected chi connectivity index (χ1v) is 12.2. The molecular formula is C26H37N3O4. The lowest BCUT2D eigenvalue weighted by Gasteiger charge is -2.33. The number of nitrogens with zero attached hydrogens (tertiary/aromatic N) is 3. The van der Waals surface area contributed by atoms with Crippen molar-refractivity contribution < 1.29 is 18.8 Å². The highest BCUT2D eigenvalue weighted by molar-refractivity contribution is 5.93. The van der Waals surface area contributed by atoms with Crippen LogP contribution in [-0.2, 0) is 15.9 Å². The molecule has 0 N–H and O–H groups in total. The minimum Gasteiger partial charge on any atom is -0.444 e. The summed E-state index contributed by atoms with van der Waals surface area (Å²) in [4.78, 5) is 16.5. The van der Waals surface area contributed by atoms with Crippen LogP contribution in [0.3, 0.4) is 0 Å². The first kappa shape index (κ1) is 23.6. The van der Waals surface area contributed by atoms with Gasteiger partial charge in [0.05, 0.1) is 18.9 Å². The van der Waals surface area contributed by atoms with Crippen LogP contribution in [0.25, 0.3) is 17.0 Å². The Labute approximate surface area is 196 Å². The van der Waals surface area contributed by atoms with E-state index in [9.17, 15) is 4.79 Å². The highest BCUT2D eigenvalue weighted by Gasteiger charge is 2.27. The topological polar surface area (TPSA) is 68.0 Å². The number of hydrogen-bond acceptors (Lipinski definition) is 6. The number of morpholine rings is 1. The molecule has 1 aromatic carbocycles. The molecule has 3 heterocycles. The van der Waals surface area contributed by atoms with Crippen LogP contribution in [0, 0.1) is 5.92 Å². The fourth-order valence-electron chi connectivity index (χ4n) is 4.72. The van der Waals surface area contributed by atoms with E-state index in [4.69, 9.17) is 14.0 Å². The molecule has 2 saturated heterocycles. The summed E-state index contributed by atoms with van der Waals surface area (Å²) in [5.41, 5.74) is 3.73. The molecule has 33 heavy (non-hydrogen) atoms. The maximum absolute atomic E-state index is 12.3. The van der Waals surface area contributed by atoms with E-state index in [-0.39, 0.29) is 6.09 Å². The number of ether oxygens (including phenoxy) is 2. The number of rotatable bonds is 5. The van der Waals surface area contributed by atoms with E-state index in [0.717, 1.165) is 87.3 Å². The first-order valence-electron chi connectivity index (χ1n) is 12.2. The molecule has 1 aromatic heterocycles. The van der Waals surface area contributed by atoms with Gasteiger partial charge >= 0.3 is 6.09 Å². The number of hydrogen-bond donors (Lipinski definition) is 0. The van der Waals surface area contributed by atoms with E-state index < -0.39 is 5.60 Å². The molecule has 180 valence electrons. The fraction of sp³-hybridized carbons (Fsp3) is 0.615. The van der Waals surface area contributed by atoms with Crippen molar-refractivity contribution in [1.82, 2.24) is 10.1 Å². The summed E-state index contributed by atoms with van der Waals surface area (Å²) in [6, 6.07) is 4.35. The third-order valence-corrected chi connectivity index (χ3v) is 6.47. The second-order valence-electron chi connectivity index (χ2n) is 10.1. The van der Waals surface area contributed by atoms with Crippen LogP contribution in [0.2, 0.25) is 0 Å². The third-order valence-electron chi connectivity index (χ3n) is 6.47. The molecular weight excluding hydrogens is 418 g/mol. The van der Waals surface area contributed by atoms with Gasteiger partial charge in [-0.3, -0.25) is 0 Å². The largest absolute Gasteiger partial charge is 0.444 e. The number of likely N-dealkylation sites (tertiary alicyclic amines) is 1. The summed E-state index contributed by atoms with van der Waals surface area (Å²) in [6.07, 6.45) is 7.91. The molecule has 7 nitrogen and oxygen atoms in total. The lowest BCUT2D eigenvalue weighted by molar-refractivity contribution is 0.0181.